The lowest BCUT2D eigenvalue weighted by molar-refractivity contribution is 0.0958. The molecule has 6 nitrogen and oxygen atoms in total. The minimum absolute atomic E-state index is 0.151. The third kappa shape index (κ3) is 2.82. The second kappa shape index (κ2) is 5.98. The number of H-pyrrole nitrogens is 1. The van der Waals surface area contributed by atoms with Crippen LogP contribution in [0.15, 0.2) is 60.6 Å². The molecule has 1 aliphatic carbocycles. The van der Waals surface area contributed by atoms with Gasteiger partial charge in [-0.15, -0.1) is 0 Å². The van der Waals surface area contributed by atoms with Crippen molar-refractivity contribution in [3.8, 4) is 5.75 Å². The van der Waals surface area contributed by atoms with Gasteiger partial charge in [0.05, 0.1) is 0 Å². The summed E-state index contributed by atoms with van der Waals surface area (Å²) in [5, 5.41) is 2.88. The maximum absolute atomic E-state index is 12.2. The molecule has 4 rings (SSSR count). The van der Waals surface area contributed by atoms with E-state index in [1.54, 1.807) is 12.4 Å². The minimum atomic E-state index is -0.277. The Hall–Kier alpha value is -3.28. The zero-order chi connectivity index (χ0) is 17.4. The van der Waals surface area contributed by atoms with E-state index in [1.165, 1.54) is 0 Å². The zero-order valence-electron chi connectivity index (χ0n) is 14.0. The first-order chi connectivity index (χ1) is 12.1. The minimum Gasteiger partial charge on any atom is -0.481 e. The summed E-state index contributed by atoms with van der Waals surface area (Å²) in [4.78, 5) is 21.1. The average molecular weight is 334 g/mol. The van der Waals surface area contributed by atoms with Crippen LogP contribution in [0.3, 0.4) is 0 Å². The number of benzene rings is 1. The molecule has 25 heavy (non-hydrogen) atoms. The molecule has 1 aliphatic heterocycles. The number of nitrogens with one attached hydrogen (secondary N) is 2. The molecule has 1 aromatic carbocycles. The molecule has 0 radical (unpaired) electrons. The van der Waals surface area contributed by atoms with Crippen molar-refractivity contribution in [3.63, 3.8) is 0 Å². The van der Waals surface area contributed by atoms with Crippen molar-refractivity contribution in [2.45, 2.75) is 6.10 Å². The van der Waals surface area contributed by atoms with Gasteiger partial charge >= 0.3 is 0 Å². The molecule has 1 atom stereocenters. The Bertz CT molecular complexity index is 908. The molecule has 0 spiro atoms. The molecule has 0 saturated heterocycles. The summed E-state index contributed by atoms with van der Waals surface area (Å²) in [7, 11) is 4.01. The number of carbonyl (C=O) groups excluding carboxylic acids is 1. The molecular weight excluding hydrogens is 316 g/mol. The van der Waals surface area contributed by atoms with E-state index in [9.17, 15) is 4.79 Å². The van der Waals surface area contributed by atoms with Crippen molar-refractivity contribution in [2.24, 2.45) is 0 Å². The van der Waals surface area contributed by atoms with Gasteiger partial charge in [-0.3, -0.25) is 4.79 Å². The number of carbonyl (C=O) groups is 1. The molecule has 126 valence electrons. The van der Waals surface area contributed by atoms with E-state index < -0.39 is 0 Å². The molecule has 6 heteroatoms. The van der Waals surface area contributed by atoms with E-state index >= 15 is 0 Å². The van der Waals surface area contributed by atoms with Gasteiger partial charge in [-0.1, -0.05) is 6.08 Å². The molecule has 1 unspecified atom stereocenters. The van der Waals surface area contributed by atoms with E-state index in [4.69, 9.17) is 4.74 Å². The molecule has 1 amide bonds. The van der Waals surface area contributed by atoms with Gasteiger partial charge in [-0.25, -0.2) is 4.98 Å². The smallest absolute Gasteiger partial charge is 0.291 e. The van der Waals surface area contributed by atoms with Crippen LogP contribution >= 0.6 is 0 Å². The van der Waals surface area contributed by atoms with Crippen LogP contribution in [0.2, 0.25) is 0 Å². The summed E-state index contributed by atoms with van der Waals surface area (Å²) in [6.07, 6.45) is 10.7. The first-order valence-electron chi connectivity index (χ1n) is 8.01. The van der Waals surface area contributed by atoms with Crippen molar-refractivity contribution in [1.82, 2.24) is 15.3 Å². The molecule has 2 aromatic rings. The zero-order valence-corrected chi connectivity index (χ0v) is 14.0. The summed E-state index contributed by atoms with van der Waals surface area (Å²) < 4.78 is 6.01. The van der Waals surface area contributed by atoms with Crippen molar-refractivity contribution < 1.29 is 9.53 Å². The lowest BCUT2D eigenvalue weighted by Crippen LogP contribution is -2.23. The van der Waals surface area contributed by atoms with Gasteiger partial charge in [0.15, 0.2) is 5.82 Å². The van der Waals surface area contributed by atoms with Gasteiger partial charge < -0.3 is 19.9 Å². The first-order valence-corrected chi connectivity index (χ1v) is 8.01. The van der Waals surface area contributed by atoms with E-state index in [-0.39, 0.29) is 17.8 Å². The highest BCUT2D eigenvalue weighted by Gasteiger charge is 2.28. The van der Waals surface area contributed by atoms with Gasteiger partial charge in [0.1, 0.15) is 11.9 Å². The van der Waals surface area contributed by atoms with Gasteiger partial charge in [0.2, 0.25) is 0 Å². The fourth-order valence-corrected chi connectivity index (χ4v) is 2.91. The predicted octanol–water partition coefficient (Wildman–Crippen LogP) is 2.50. The Kier molecular flexibility index (Phi) is 3.65. The summed E-state index contributed by atoms with van der Waals surface area (Å²) in [6.45, 7) is 0. The highest BCUT2D eigenvalue weighted by atomic mass is 16.5. The number of hydrogen-bond donors (Lipinski definition) is 2. The van der Waals surface area contributed by atoms with Gasteiger partial charge in [-0.2, -0.15) is 0 Å². The predicted molar refractivity (Wildman–Crippen MR) is 96.4 cm³/mol. The Morgan fingerprint density at radius 2 is 2.24 bits per heavy atom. The highest BCUT2D eigenvalue weighted by Crippen LogP contribution is 2.41. The first kappa shape index (κ1) is 15.3. The molecule has 1 aromatic heterocycles. The average Bonchev–Trinajstić information content (AvgIpc) is 3.19. The number of aromatic amines is 1. The lowest BCUT2D eigenvalue weighted by Gasteiger charge is -2.13. The Labute approximate surface area is 145 Å². The van der Waals surface area contributed by atoms with Crippen LogP contribution in [0.5, 0.6) is 5.75 Å². The fraction of sp³-hybridized carbons (Fsp3) is 0.158. The molecule has 2 aliphatic rings. The third-order valence-electron chi connectivity index (χ3n) is 4.19. The highest BCUT2D eigenvalue weighted by molar-refractivity contribution is 5.93. The maximum atomic E-state index is 12.2. The van der Waals surface area contributed by atoms with Crippen LogP contribution in [-0.2, 0) is 0 Å². The van der Waals surface area contributed by atoms with Gasteiger partial charge in [0, 0.05) is 49.0 Å². The molecule has 0 fully saturated rings. The summed E-state index contributed by atoms with van der Waals surface area (Å²) in [5.41, 5.74) is 3.86. The number of allylic oxidation sites excluding steroid dienone is 3. The maximum Gasteiger partial charge on any atom is 0.291 e. The van der Waals surface area contributed by atoms with Crippen LogP contribution in [-0.4, -0.2) is 36.1 Å². The number of hydrogen-bond acceptors (Lipinski definition) is 4. The summed E-state index contributed by atoms with van der Waals surface area (Å²) in [5.74, 6) is 0.855. The second-order valence-electron chi connectivity index (χ2n) is 6.11. The molecular formula is C19H18N4O2. The number of anilines is 1. The lowest BCUT2D eigenvalue weighted by atomic mass is 10.0. The van der Waals surface area contributed by atoms with E-state index in [2.05, 4.69) is 26.3 Å². The Morgan fingerprint density at radius 3 is 3.00 bits per heavy atom. The van der Waals surface area contributed by atoms with Crippen molar-refractivity contribution in [2.75, 3.05) is 19.0 Å². The number of aromatic nitrogens is 2. The molecule has 0 bridgehead atoms. The van der Waals surface area contributed by atoms with E-state index in [1.807, 2.05) is 50.5 Å². The Morgan fingerprint density at radius 1 is 1.36 bits per heavy atom. The van der Waals surface area contributed by atoms with Crippen LogP contribution in [0.1, 0.15) is 16.2 Å². The summed E-state index contributed by atoms with van der Waals surface area (Å²) >= 11 is 0. The van der Waals surface area contributed by atoms with Crippen LogP contribution in [0.25, 0.3) is 5.57 Å². The topological polar surface area (TPSA) is 70.2 Å². The SMILES string of the molecule is CN(C)c1ccc2c(c1)C1=CC(NC(=O)c3ncc[nH]3)=CC=CC1O2. The normalized spacial score (nSPS) is 17.6. The fourth-order valence-electron chi connectivity index (χ4n) is 2.91. The number of imidazole rings is 1. The van der Waals surface area contributed by atoms with Crippen molar-refractivity contribution >= 4 is 17.2 Å². The quantitative estimate of drug-likeness (QED) is 0.905. The second-order valence-corrected chi connectivity index (χ2v) is 6.11. The van der Waals surface area contributed by atoms with Crippen LogP contribution in [0, 0.1) is 0 Å². The summed E-state index contributed by atoms with van der Waals surface area (Å²) in [6, 6.07) is 6.12. The molecule has 2 N–H and O–H groups in total. The number of fused-ring (bicyclic) bond motifs is 3. The number of rotatable bonds is 3. The Balaban J connectivity index is 1.67. The van der Waals surface area contributed by atoms with Crippen molar-refractivity contribution in [3.05, 3.63) is 72.0 Å². The van der Waals surface area contributed by atoms with Crippen molar-refractivity contribution in [1.29, 1.82) is 0 Å². The third-order valence-corrected chi connectivity index (χ3v) is 4.19. The van der Waals surface area contributed by atoms with Crippen LogP contribution in [0.4, 0.5) is 5.69 Å². The number of amides is 1. The monoisotopic (exact) mass is 334 g/mol. The van der Waals surface area contributed by atoms with Gasteiger partial charge in [-0.05, 0) is 36.4 Å². The van der Waals surface area contributed by atoms with E-state index in [0.717, 1.165) is 22.6 Å². The van der Waals surface area contributed by atoms with Crippen LogP contribution < -0.4 is 15.0 Å². The largest absolute Gasteiger partial charge is 0.481 e. The number of ether oxygens (including phenoxy) is 1. The molecule has 0 saturated carbocycles. The molecule has 2 heterocycles. The van der Waals surface area contributed by atoms with E-state index in [0.29, 0.717) is 5.70 Å². The van der Waals surface area contributed by atoms with Gasteiger partial charge in [0.25, 0.3) is 5.91 Å². The number of nitrogens with zero attached hydrogens (tertiary/aromatic N) is 2. The standard InChI is InChI=1S/C19H18N4O2/c1-23(2)13-6-7-17-15(11-13)14-10-12(4-3-5-16(14)25-17)22-19(24)18-20-8-9-21-18/h3-11,16H,1-2H3,(H,20,21)(H,22,24).